The molecule has 3 saturated heterocycles. The highest BCUT2D eigenvalue weighted by molar-refractivity contribution is 7.14. The number of thiophene rings is 3. The maximum Gasteiger partial charge on any atom is 0.412 e. The predicted molar refractivity (Wildman–Crippen MR) is 491 cm³/mol. The van der Waals surface area contributed by atoms with Crippen LogP contribution < -0.4 is 42.1 Å². The van der Waals surface area contributed by atoms with Gasteiger partial charge in [0.2, 0.25) is 0 Å². The van der Waals surface area contributed by atoms with E-state index in [0.717, 1.165) is 108 Å². The fourth-order valence-electron chi connectivity index (χ4n) is 13.6. The van der Waals surface area contributed by atoms with Gasteiger partial charge in [-0.25, -0.2) is 38.9 Å². The zero-order chi connectivity index (χ0) is 87.2. The monoisotopic (exact) mass is 1700 g/mol. The number of hydrogen-bond donors (Lipinski definition) is 6. The lowest BCUT2D eigenvalue weighted by Crippen LogP contribution is -2.50. The Morgan fingerprint density at radius 3 is 1.15 bits per heavy atom. The van der Waals surface area contributed by atoms with Gasteiger partial charge in [0.25, 0.3) is 0 Å². The Kier molecular flexibility index (Phi) is 28.3. The fourth-order valence-corrected chi connectivity index (χ4v) is 15.8. The molecule has 0 unspecified atom stereocenters. The maximum absolute atomic E-state index is 13.6. The molecule has 9 heterocycles. The van der Waals surface area contributed by atoms with Gasteiger partial charge in [0.1, 0.15) is 39.9 Å². The van der Waals surface area contributed by atoms with Crippen LogP contribution in [0.4, 0.5) is 59.4 Å². The van der Waals surface area contributed by atoms with Crippen LogP contribution in [0.25, 0.3) is 64.0 Å². The van der Waals surface area contributed by atoms with Crippen molar-refractivity contribution in [3.05, 3.63) is 226 Å². The molecule has 0 atom stereocenters. The van der Waals surface area contributed by atoms with Crippen molar-refractivity contribution in [3.63, 3.8) is 0 Å². The Bertz CT molecular complexity index is 5720. The number of nitrogens with zero attached hydrogens (tertiary/aromatic N) is 8. The topological polar surface area (TPSA) is 320 Å². The van der Waals surface area contributed by atoms with E-state index in [-0.39, 0.29) is 42.2 Å². The van der Waals surface area contributed by atoms with E-state index in [1.807, 2.05) is 218 Å². The van der Waals surface area contributed by atoms with Gasteiger partial charge in [-0.15, -0.1) is 34.0 Å². The summed E-state index contributed by atoms with van der Waals surface area (Å²) < 4.78 is 21.6. The molecule has 3 fully saturated rings. The number of piperazine rings is 3. The number of ketones is 2. The van der Waals surface area contributed by atoms with E-state index in [1.54, 1.807) is 94.9 Å². The number of hydrogen-bond acceptors (Lipinski definition) is 23. The molecular weight excluding hydrogens is 1600 g/mol. The molecule has 0 radical (unpaired) electrons. The van der Waals surface area contributed by atoms with Gasteiger partial charge >= 0.3 is 30.3 Å². The zero-order valence-electron chi connectivity index (χ0n) is 70.8. The number of carboxylic acids is 1. The van der Waals surface area contributed by atoms with Crippen molar-refractivity contribution in [2.45, 2.75) is 118 Å². The molecule has 15 rings (SSSR count). The van der Waals surface area contributed by atoms with Gasteiger partial charge in [-0.1, -0.05) is 36.4 Å². The van der Waals surface area contributed by atoms with E-state index >= 15 is 0 Å². The van der Waals surface area contributed by atoms with Crippen molar-refractivity contribution in [2.24, 2.45) is 0 Å². The standard InChI is InChI=1S/C35H40N4O5S.C25H24N4OS.C19H23N3O4.C15H18N2O2S/c1-34(2,3)43-32(41)37-28-13-10-25(30-8-7-19-45-30)21-26(28)22-29(40)24-9-12-27-23(20-24)11-14-31(36-27)38-15-17-39(18-16-38)33(42)44-35(4,5)6;26-21-6-3-19(24-2-1-13-31-24)15-20(21)16-23(30)18-4-7-22-17(14-18)5-8-25(28-22)29-11-9-27-10-12-29;1-19(2,3)26-18(25)22-10-8-21(9-11-22)16-7-5-13-12-14(17(23)24)4-6-15(13)20-16;1-15(2,3)19-14(18)17-12-7-6-10(9-11(12)16)13-5-4-8-20-13/h7-14,19-21H,15-18,22H2,1-6H3,(H,37,41);1-8,13-15,27H,9-12,16,26H2;4-7,12H,8-11H2,1-3H3,(H,23,24);4-9H,16H2,1-3H3,(H,17,18). The number of pyridine rings is 3. The van der Waals surface area contributed by atoms with Crippen LogP contribution in [0.3, 0.4) is 0 Å². The number of Topliss-reactive ketones (excluding diaryl/α,β-unsaturated/α-hetero) is 2. The normalized spacial score (nSPS) is 13.8. The third-order valence-corrected chi connectivity index (χ3v) is 22.3. The minimum absolute atomic E-state index is 0.0584. The second-order valence-corrected chi connectivity index (χ2v) is 36.5. The van der Waals surface area contributed by atoms with Crippen molar-refractivity contribution in [3.8, 4) is 31.3 Å². The third kappa shape index (κ3) is 24.9. The van der Waals surface area contributed by atoms with E-state index in [1.165, 1.54) is 4.88 Å². The Balaban J connectivity index is 0.000000155. The number of anilines is 7. The molecule has 6 aromatic heterocycles. The highest BCUT2D eigenvalue weighted by Gasteiger charge is 2.30. The molecule has 25 nitrogen and oxygen atoms in total. The van der Waals surface area contributed by atoms with Crippen molar-refractivity contribution in [2.75, 3.05) is 115 Å². The van der Waals surface area contributed by atoms with E-state index in [2.05, 4.69) is 47.8 Å². The lowest BCUT2D eigenvalue weighted by Gasteiger charge is -2.36. The number of rotatable bonds is 15. The molecule has 28 heteroatoms. The quantitative estimate of drug-likeness (QED) is 0.0315. The molecule has 3 aliphatic heterocycles. The van der Waals surface area contributed by atoms with Crippen LogP contribution in [0.15, 0.2) is 198 Å². The molecule has 8 N–H and O–H groups in total. The number of carboxylic acid groups (broad SMARTS) is 1. The number of fused-ring (bicyclic) bond motifs is 3. The van der Waals surface area contributed by atoms with Crippen LogP contribution in [0, 0.1) is 0 Å². The second kappa shape index (κ2) is 38.9. The smallest absolute Gasteiger partial charge is 0.412 e. The number of aromatic nitrogens is 3. The summed E-state index contributed by atoms with van der Waals surface area (Å²) in [5.41, 5.74) is 20.8. The lowest BCUT2D eigenvalue weighted by molar-refractivity contribution is 0.0230. The van der Waals surface area contributed by atoms with E-state index < -0.39 is 40.6 Å². The number of aromatic carboxylic acids is 1. The van der Waals surface area contributed by atoms with E-state index in [4.69, 9.17) is 45.5 Å². The van der Waals surface area contributed by atoms with Gasteiger partial charge in [-0.2, -0.15) is 0 Å². The molecule has 6 aromatic carbocycles. The average molecular weight is 1710 g/mol. The highest BCUT2D eigenvalue weighted by atomic mass is 32.1. The second-order valence-electron chi connectivity index (χ2n) is 33.7. The number of carbonyl (C=O) groups excluding carboxylic acids is 6. The van der Waals surface area contributed by atoms with Gasteiger partial charge in [-0.3, -0.25) is 20.2 Å². The number of ether oxygens (including phenoxy) is 4. The predicted octanol–water partition coefficient (Wildman–Crippen LogP) is 19.5. The molecule has 122 heavy (non-hydrogen) atoms. The van der Waals surface area contributed by atoms with Gasteiger partial charge < -0.3 is 65.3 Å². The Morgan fingerprint density at radius 1 is 0.393 bits per heavy atom. The first-order valence-corrected chi connectivity index (χ1v) is 43.1. The maximum atomic E-state index is 13.6. The lowest BCUT2D eigenvalue weighted by atomic mass is 9.98. The number of nitrogen functional groups attached to an aromatic ring is 2. The van der Waals surface area contributed by atoms with Gasteiger partial charge in [0.15, 0.2) is 11.6 Å². The minimum atomic E-state index is -0.950. The van der Waals surface area contributed by atoms with Gasteiger partial charge in [0.05, 0.1) is 33.5 Å². The zero-order valence-corrected chi connectivity index (χ0v) is 73.3. The third-order valence-electron chi connectivity index (χ3n) is 19.6. The highest BCUT2D eigenvalue weighted by Crippen LogP contribution is 2.35. The molecule has 0 spiro atoms. The first kappa shape index (κ1) is 88.8. The van der Waals surface area contributed by atoms with Crippen molar-refractivity contribution in [1.29, 1.82) is 0 Å². The summed E-state index contributed by atoms with van der Waals surface area (Å²) in [5.74, 6) is 1.68. The molecule has 3 aliphatic rings. The van der Waals surface area contributed by atoms with Crippen molar-refractivity contribution in [1.82, 2.24) is 30.1 Å². The summed E-state index contributed by atoms with van der Waals surface area (Å²) in [4.78, 5) is 114. The summed E-state index contributed by atoms with van der Waals surface area (Å²) in [6, 6.07) is 57.3. The molecule has 0 saturated carbocycles. The van der Waals surface area contributed by atoms with Crippen LogP contribution >= 0.6 is 34.0 Å². The SMILES string of the molecule is CC(C)(C)OC(=O)N1CCN(c2ccc3cc(C(=O)O)ccc3n2)CC1.CC(C)(C)OC(=O)Nc1ccc(-c2cccs2)cc1CC(=O)c1ccc2nc(N3CCN(C(=O)OC(C)(C)C)CC3)ccc2c1.CC(C)(C)OC(=O)Nc1ccc(-c2cccs2)cc1N.Nc1ccc(-c2cccs2)cc1CC(=O)c1ccc2nc(N3CCNCC3)ccc2c1. The number of amides is 4. The van der Waals surface area contributed by atoms with Gasteiger partial charge in [0, 0.05) is 145 Å². The first-order chi connectivity index (χ1) is 58.0. The molecule has 0 aliphatic carbocycles. The Hall–Kier alpha value is -12.5. The number of nitrogens with two attached hydrogens (primary N) is 2. The Morgan fingerprint density at radius 2 is 0.754 bits per heavy atom. The first-order valence-electron chi connectivity index (χ1n) is 40.5. The summed E-state index contributed by atoms with van der Waals surface area (Å²) in [7, 11) is 0. The van der Waals surface area contributed by atoms with Crippen molar-refractivity contribution < 1.29 is 57.6 Å². The van der Waals surface area contributed by atoms with Crippen LogP contribution in [0.5, 0.6) is 0 Å². The van der Waals surface area contributed by atoms with Crippen LogP contribution in [-0.2, 0) is 31.8 Å². The summed E-state index contributed by atoms with van der Waals surface area (Å²) in [5, 5.41) is 26.6. The minimum Gasteiger partial charge on any atom is -0.478 e. The van der Waals surface area contributed by atoms with Gasteiger partial charge in [-0.05, 0) is 273 Å². The largest absolute Gasteiger partial charge is 0.478 e. The van der Waals surface area contributed by atoms with Crippen LogP contribution in [0.1, 0.15) is 125 Å². The number of benzene rings is 6. The molecule has 636 valence electrons. The number of carbonyl (C=O) groups is 7. The van der Waals surface area contributed by atoms with Crippen LogP contribution in [-0.4, -0.2) is 173 Å². The molecular formula is C94H105N13O12S3. The fraction of sp³-hybridized carbons (Fsp3) is 0.319. The molecule has 4 amide bonds. The molecule has 0 bridgehead atoms. The number of nitrogens with one attached hydrogen (secondary N) is 3. The Labute approximate surface area is 723 Å². The van der Waals surface area contributed by atoms with E-state index in [0.29, 0.717) is 91.8 Å². The molecule has 12 aromatic rings. The average Bonchev–Trinajstić information content (AvgIpc) is 1.12. The summed E-state index contributed by atoms with van der Waals surface area (Å²) in [6.45, 7) is 30.8. The van der Waals surface area contributed by atoms with Crippen LogP contribution in [0.2, 0.25) is 0 Å². The summed E-state index contributed by atoms with van der Waals surface area (Å²) >= 11 is 4.94. The van der Waals surface area contributed by atoms with E-state index in [9.17, 15) is 33.6 Å². The summed E-state index contributed by atoms with van der Waals surface area (Å²) in [6.07, 6.45) is -1.28. The van der Waals surface area contributed by atoms with Crippen molar-refractivity contribution >= 4 is 149 Å².